The number of rotatable bonds is 21. The van der Waals surface area contributed by atoms with E-state index in [1.54, 1.807) is 66.9 Å². The molecule has 0 bridgehead atoms. The highest BCUT2D eigenvalue weighted by atomic mass is 16.5. The fourth-order valence-corrected chi connectivity index (χ4v) is 5.92. The maximum Gasteiger partial charge on any atom is 0.343 e. The molecule has 0 N–H and O–H groups in total. The van der Waals surface area contributed by atoms with Crippen molar-refractivity contribution in [2.75, 3.05) is 13.2 Å². The largest absolute Gasteiger partial charge is 0.494 e. The molecule has 3 aromatic carbocycles. The quantitative estimate of drug-likeness (QED) is 0.0486. The molecule has 0 heterocycles. The lowest BCUT2D eigenvalue weighted by Crippen LogP contribution is -2.29. The molecular weight excluding hydrogens is 614 g/mol. The Hall–Kier alpha value is -3.97. The van der Waals surface area contributed by atoms with Crippen molar-refractivity contribution in [3.05, 3.63) is 83.9 Å². The molecule has 49 heavy (non-hydrogen) atoms. The molecular formula is C42H55NO6. The van der Waals surface area contributed by atoms with Crippen LogP contribution in [0.25, 0.3) is 0 Å². The molecule has 1 fully saturated rings. The topological polar surface area (TPSA) is 83.4 Å². The first-order valence-corrected chi connectivity index (χ1v) is 18.6. The van der Waals surface area contributed by atoms with Gasteiger partial charge in [-0.05, 0) is 117 Å². The molecule has 1 aliphatic rings. The van der Waals surface area contributed by atoms with E-state index >= 15 is 0 Å². The van der Waals surface area contributed by atoms with Gasteiger partial charge in [-0.15, -0.1) is 0 Å². The molecule has 0 aromatic heterocycles. The molecule has 1 aliphatic carbocycles. The van der Waals surface area contributed by atoms with Crippen molar-refractivity contribution in [3.63, 3.8) is 0 Å². The van der Waals surface area contributed by atoms with Crippen LogP contribution in [0.3, 0.4) is 0 Å². The van der Waals surface area contributed by atoms with E-state index < -0.39 is 5.97 Å². The van der Waals surface area contributed by atoms with Gasteiger partial charge in [0.2, 0.25) is 0 Å². The highest BCUT2D eigenvalue weighted by Crippen LogP contribution is 2.28. The van der Waals surface area contributed by atoms with Gasteiger partial charge in [0, 0.05) is 12.8 Å². The van der Waals surface area contributed by atoms with E-state index in [0.717, 1.165) is 62.1 Å². The lowest BCUT2D eigenvalue weighted by atomic mass is 9.87. The second-order valence-electron chi connectivity index (χ2n) is 13.0. The van der Waals surface area contributed by atoms with Crippen LogP contribution in [0, 0.1) is 5.92 Å². The highest BCUT2D eigenvalue weighted by molar-refractivity contribution is 5.91. The molecule has 0 aliphatic heterocycles. The highest BCUT2D eigenvalue weighted by Gasteiger charge is 2.28. The molecule has 264 valence electrons. The average Bonchev–Trinajstić information content (AvgIpc) is 3.13. The summed E-state index contributed by atoms with van der Waals surface area (Å²) in [6, 6.07) is 21.4. The van der Waals surface area contributed by atoms with Gasteiger partial charge in [0.25, 0.3) is 0 Å². The molecule has 0 saturated heterocycles. The van der Waals surface area contributed by atoms with Crippen molar-refractivity contribution in [3.8, 4) is 17.2 Å². The number of carbonyl (C=O) groups excluding carboxylic acids is 2. The summed E-state index contributed by atoms with van der Waals surface area (Å²) in [7, 11) is 0. The molecule has 0 spiro atoms. The summed E-state index contributed by atoms with van der Waals surface area (Å²) in [6.07, 6.45) is 19.0. The predicted octanol–water partition coefficient (Wildman–Crippen LogP) is 10.8. The molecule has 1 saturated carbocycles. The van der Waals surface area contributed by atoms with Gasteiger partial charge in [0.15, 0.2) is 0 Å². The first kappa shape index (κ1) is 37.8. The Morgan fingerprint density at radius 1 is 0.633 bits per heavy atom. The molecule has 3 aromatic rings. The van der Waals surface area contributed by atoms with Crippen molar-refractivity contribution in [2.24, 2.45) is 10.9 Å². The van der Waals surface area contributed by atoms with Crippen molar-refractivity contribution in [2.45, 2.75) is 116 Å². The summed E-state index contributed by atoms with van der Waals surface area (Å²) < 4.78 is 23.1. The van der Waals surface area contributed by atoms with Gasteiger partial charge >= 0.3 is 11.9 Å². The number of carbonyl (C=O) groups is 2. The Morgan fingerprint density at radius 3 is 1.84 bits per heavy atom. The van der Waals surface area contributed by atoms with E-state index in [1.165, 1.54) is 57.8 Å². The molecule has 4 rings (SSSR count). The molecule has 0 radical (unpaired) electrons. The maximum atomic E-state index is 12.8. The van der Waals surface area contributed by atoms with Gasteiger partial charge in [-0.2, -0.15) is 0 Å². The minimum atomic E-state index is -0.426. The molecule has 0 amide bonds. The predicted molar refractivity (Wildman–Crippen MR) is 197 cm³/mol. The first-order chi connectivity index (χ1) is 24.0. The third kappa shape index (κ3) is 14.2. The number of esters is 2. The molecule has 7 nitrogen and oxygen atoms in total. The summed E-state index contributed by atoms with van der Waals surface area (Å²) >= 11 is 0. The zero-order chi connectivity index (χ0) is 34.5. The Bertz CT molecular complexity index is 1390. The van der Waals surface area contributed by atoms with Gasteiger partial charge in [-0.3, -0.25) is 9.79 Å². The lowest BCUT2D eigenvalue weighted by molar-refractivity contribution is -0.141. The molecule has 0 atom stereocenters. The number of hydrogen-bond donors (Lipinski definition) is 0. The maximum absolute atomic E-state index is 12.8. The zero-order valence-corrected chi connectivity index (χ0v) is 29.6. The van der Waals surface area contributed by atoms with E-state index in [0.29, 0.717) is 23.7 Å². The lowest BCUT2D eigenvalue weighted by Gasteiger charge is -2.27. The van der Waals surface area contributed by atoms with Gasteiger partial charge in [0.1, 0.15) is 17.2 Å². The fraction of sp³-hybridized carbons (Fsp3) is 0.500. The monoisotopic (exact) mass is 669 g/mol. The third-order valence-electron chi connectivity index (χ3n) is 8.97. The fourth-order valence-electron chi connectivity index (χ4n) is 5.92. The Kier molecular flexibility index (Phi) is 16.9. The number of nitrogens with zero attached hydrogens (tertiary/aromatic N) is 1. The van der Waals surface area contributed by atoms with Crippen LogP contribution in [0.15, 0.2) is 77.8 Å². The Balaban J connectivity index is 1.14. The van der Waals surface area contributed by atoms with Crippen LogP contribution in [0.4, 0.5) is 5.69 Å². The Morgan fingerprint density at radius 2 is 1.18 bits per heavy atom. The van der Waals surface area contributed by atoms with Crippen molar-refractivity contribution in [1.29, 1.82) is 0 Å². The van der Waals surface area contributed by atoms with Crippen LogP contribution >= 0.6 is 0 Å². The van der Waals surface area contributed by atoms with Crippen LogP contribution in [0.2, 0.25) is 0 Å². The van der Waals surface area contributed by atoms with Gasteiger partial charge in [0.05, 0.1) is 29.9 Å². The summed E-state index contributed by atoms with van der Waals surface area (Å²) in [6.45, 7) is 5.96. The minimum Gasteiger partial charge on any atom is -0.494 e. The van der Waals surface area contributed by atoms with E-state index in [1.807, 2.05) is 12.1 Å². The third-order valence-corrected chi connectivity index (χ3v) is 8.97. The van der Waals surface area contributed by atoms with Crippen LogP contribution in [-0.2, 0) is 9.53 Å². The summed E-state index contributed by atoms with van der Waals surface area (Å²) in [5, 5.41) is 0. The van der Waals surface area contributed by atoms with Crippen LogP contribution < -0.4 is 14.2 Å². The number of ether oxygens (including phenoxy) is 4. The van der Waals surface area contributed by atoms with Crippen molar-refractivity contribution >= 4 is 23.8 Å². The summed E-state index contributed by atoms with van der Waals surface area (Å²) in [4.78, 5) is 29.9. The number of hydrogen-bond acceptors (Lipinski definition) is 7. The first-order valence-electron chi connectivity index (χ1n) is 18.6. The number of benzene rings is 3. The van der Waals surface area contributed by atoms with E-state index in [4.69, 9.17) is 18.9 Å². The normalized spacial score (nSPS) is 16.0. The molecule has 0 unspecified atom stereocenters. The van der Waals surface area contributed by atoms with E-state index in [2.05, 4.69) is 18.8 Å². The SMILES string of the molecule is CCCCCCCCOc1ccc(C(=O)Oc2ccc(N=Cc3ccc(OC(=O)C4CCC(OCCCCCCC)CC4)cc3)cc2)cc1. The van der Waals surface area contributed by atoms with E-state index in [-0.39, 0.29) is 18.0 Å². The van der Waals surface area contributed by atoms with Crippen LogP contribution in [0.1, 0.15) is 126 Å². The Labute approximate surface area is 293 Å². The summed E-state index contributed by atoms with van der Waals surface area (Å²) in [5.74, 6) is 1.07. The minimum absolute atomic E-state index is 0.0763. The van der Waals surface area contributed by atoms with Gasteiger partial charge < -0.3 is 18.9 Å². The van der Waals surface area contributed by atoms with Crippen molar-refractivity contribution < 1.29 is 28.5 Å². The standard InChI is InChI=1S/C42H55NO6/c1-3-5-7-9-11-13-31-47-38-26-18-35(19-27-38)42(45)49-40-28-20-36(21-29-40)43-32-33-14-22-39(23-15-33)48-41(44)34-16-24-37(25-17-34)46-30-12-10-8-6-4-2/h14-15,18-23,26-29,32,34,37H,3-13,16-17,24-25,30-31H2,1-2H3. The van der Waals surface area contributed by atoms with Gasteiger partial charge in [-0.25, -0.2) is 4.79 Å². The number of unbranched alkanes of at least 4 members (excludes halogenated alkanes) is 9. The van der Waals surface area contributed by atoms with E-state index in [9.17, 15) is 9.59 Å². The van der Waals surface area contributed by atoms with Crippen molar-refractivity contribution in [1.82, 2.24) is 0 Å². The second kappa shape index (κ2) is 21.9. The van der Waals surface area contributed by atoms with Crippen LogP contribution in [0.5, 0.6) is 17.2 Å². The second-order valence-corrected chi connectivity index (χ2v) is 13.0. The zero-order valence-electron chi connectivity index (χ0n) is 29.6. The smallest absolute Gasteiger partial charge is 0.343 e. The molecule has 7 heteroatoms. The summed E-state index contributed by atoms with van der Waals surface area (Å²) in [5.41, 5.74) is 2.06. The number of aliphatic imine (C=N–C) groups is 1. The van der Waals surface area contributed by atoms with Crippen LogP contribution in [-0.4, -0.2) is 37.5 Å². The van der Waals surface area contributed by atoms with Gasteiger partial charge in [-0.1, -0.05) is 71.6 Å². The average molecular weight is 670 g/mol.